The minimum Gasteiger partial charge on any atom is -0.364 e. The number of hydrogen-bond acceptors (Lipinski definition) is 4. The first-order chi connectivity index (χ1) is 8.75. The van der Waals surface area contributed by atoms with Crippen LogP contribution in [0.15, 0.2) is 6.20 Å². The van der Waals surface area contributed by atoms with Gasteiger partial charge in [-0.15, -0.1) is 10.2 Å². The van der Waals surface area contributed by atoms with Crippen LogP contribution in [-0.2, 0) is 24.8 Å². The fourth-order valence-electron chi connectivity index (χ4n) is 2.34. The van der Waals surface area contributed by atoms with E-state index >= 15 is 0 Å². The standard InChI is InChI=1S/C12H17N5O/c1-8-14-15-11(17(8)2)7-18-10-5-3-4-9-6-13-16-12(9)10/h6,10H,3-5,7H2,1-2H3,(H,13,16). The summed E-state index contributed by atoms with van der Waals surface area (Å²) < 4.78 is 7.91. The lowest BCUT2D eigenvalue weighted by atomic mass is 9.96. The molecule has 0 fully saturated rings. The van der Waals surface area contributed by atoms with Crippen LogP contribution in [0.3, 0.4) is 0 Å². The molecule has 1 aliphatic rings. The van der Waals surface area contributed by atoms with Crippen LogP contribution in [0, 0.1) is 6.92 Å². The number of nitrogens with one attached hydrogen (secondary N) is 1. The summed E-state index contributed by atoms with van der Waals surface area (Å²) in [6, 6.07) is 0. The Balaban J connectivity index is 1.70. The molecule has 0 amide bonds. The molecule has 0 saturated heterocycles. The molecule has 1 aliphatic carbocycles. The van der Waals surface area contributed by atoms with Gasteiger partial charge in [-0.1, -0.05) is 0 Å². The Hall–Kier alpha value is -1.69. The minimum atomic E-state index is 0.105. The molecule has 0 saturated carbocycles. The maximum Gasteiger partial charge on any atom is 0.158 e. The first kappa shape index (κ1) is 11.4. The van der Waals surface area contributed by atoms with Crippen molar-refractivity contribution in [3.8, 4) is 0 Å². The van der Waals surface area contributed by atoms with Gasteiger partial charge >= 0.3 is 0 Å². The molecule has 0 aliphatic heterocycles. The zero-order valence-electron chi connectivity index (χ0n) is 10.7. The van der Waals surface area contributed by atoms with E-state index in [4.69, 9.17) is 4.74 Å². The molecule has 2 heterocycles. The fourth-order valence-corrected chi connectivity index (χ4v) is 2.34. The van der Waals surface area contributed by atoms with Crippen molar-refractivity contribution in [3.05, 3.63) is 29.1 Å². The molecule has 0 spiro atoms. The molecule has 18 heavy (non-hydrogen) atoms. The second-order valence-electron chi connectivity index (χ2n) is 4.72. The second kappa shape index (κ2) is 4.53. The highest BCUT2D eigenvalue weighted by molar-refractivity contribution is 5.21. The number of rotatable bonds is 3. The van der Waals surface area contributed by atoms with Gasteiger partial charge in [0.25, 0.3) is 0 Å². The average Bonchev–Trinajstić information content (AvgIpc) is 2.97. The van der Waals surface area contributed by atoms with Crippen LogP contribution in [0.1, 0.15) is 41.9 Å². The molecule has 0 bridgehead atoms. The second-order valence-corrected chi connectivity index (χ2v) is 4.72. The van der Waals surface area contributed by atoms with Gasteiger partial charge < -0.3 is 9.30 Å². The first-order valence-corrected chi connectivity index (χ1v) is 6.24. The van der Waals surface area contributed by atoms with Crippen molar-refractivity contribution >= 4 is 0 Å². The van der Waals surface area contributed by atoms with Gasteiger partial charge in [-0.25, -0.2) is 0 Å². The summed E-state index contributed by atoms with van der Waals surface area (Å²) in [5.41, 5.74) is 2.40. The van der Waals surface area contributed by atoms with E-state index in [1.807, 2.05) is 24.7 Å². The fraction of sp³-hybridized carbons (Fsp3) is 0.583. The molecule has 0 radical (unpaired) electrons. The van der Waals surface area contributed by atoms with Gasteiger partial charge in [0.2, 0.25) is 0 Å². The molecule has 1 atom stereocenters. The topological polar surface area (TPSA) is 68.6 Å². The molecule has 2 aromatic rings. The van der Waals surface area contributed by atoms with Crippen LogP contribution in [0.5, 0.6) is 0 Å². The average molecular weight is 247 g/mol. The van der Waals surface area contributed by atoms with Crippen molar-refractivity contribution < 1.29 is 4.74 Å². The smallest absolute Gasteiger partial charge is 0.158 e. The third-order valence-corrected chi connectivity index (χ3v) is 3.58. The Labute approximate surface area is 105 Å². The Morgan fingerprint density at radius 2 is 2.39 bits per heavy atom. The van der Waals surface area contributed by atoms with Crippen molar-refractivity contribution in [2.75, 3.05) is 0 Å². The molecule has 6 heteroatoms. The van der Waals surface area contributed by atoms with Crippen LogP contribution in [0.4, 0.5) is 0 Å². The summed E-state index contributed by atoms with van der Waals surface area (Å²) in [6.07, 6.45) is 5.28. The van der Waals surface area contributed by atoms with Gasteiger partial charge in [-0.2, -0.15) is 5.10 Å². The summed E-state index contributed by atoms with van der Waals surface area (Å²) >= 11 is 0. The van der Waals surface area contributed by atoms with Crippen LogP contribution in [0.2, 0.25) is 0 Å². The van der Waals surface area contributed by atoms with Crippen LogP contribution >= 0.6 is 0 Å². The minimum absolute atomic E-state index is 0.105. The number of hydrogen-bond donors (Lipinski definition) is 1. The van der Waals surface area contributed by atoms with Crippen molar-refractivity contribution in [2.45, 2.75) is 38.9 Å². The van der Waals surface area contributed by atoms with Crippen molar-refractivity contribution in [1.29, 1.82) is 0 Å². The van der Waals surface area contributed by atoms with Crippen LogP contribution < -0.4 is 0 Å². The number of fused-ring (bicyclic) bond motifs is 1. The first-order valence-electron chi connectivity index (χ1n) is 6.24. The summed E-state index contributed by atoms with van der Waals surface area (Å²) in [7, 11) is 1.95. The predicted octanol–water partition coefficient (Wildman–Crippen LogP) is 1.44. The molecule has 3 rings (SSSR count). The van der Waals surface area contributed by atoms with Gasteiger partial charge in [-0.3, -0.25) is 5.10 Å². The molecule has 1 N–H and O–H groups in total. The Bertz CT molecular complexity index is 544. The molecule has 6 nitrogen and oxygen atoms in total. The zero-order chi connectivity index (χ0) is 12.5. The quantitative estimate of drug-likeness (QED) is 0.891. The van der Waals surface area contributed by atoms with E-state index in [1.54, 1.807) is 0 Å². The highest BCUT2D eigenvalue weighted by atomic mass is 16.5. The number of aromatic amines is 1. The molecule has 0 aromatic carbocycles. The van der Waals surface area contributed by atoms with E-state index < -0.39 is 0 Å². The van der Waals surface area contributed by atoms with Crippen molar-refractivity contribution in [2.24, 2.45) is 7.05 Å². The molecule has 96 valence electrons. The maximum atomic E-state index is 5.95. The van der Waals surface area contributed by atoms with E-state index in [0.717, 1.165) is 36.6 Å². The van der Waals surface area contributed by atoms with Crippen molar-refractivity contribution in [3.63, 3.8) is 0 Å². The van der Waals surface area contributed by atoms with E-state index in [-0.39, 0.29) is 6.10 Å². The van der Waals surface area contributed by atoms with Gasteiger partial charge in [0, 0.05) is 7.05 Å². The number of aromatic nitrogens is 5. The lowest BCUT2D eigenvalue weighted by molar-refractivity contribution is 0.0206. The van der Waals surface area contributed by atoms with Gasteiger partial charge in [-0.05, 0) is 31.7 Å². The third-order valence-electron chi connectivity index (χ3n) is 3.58. The number of H-pyrrole nitrogens is 1. The SMILES string of the molecule is Cc1nnc(COC2CCCc3cn[nH]c32)n1C. The highest BCUT2D eigenvalue weighted by Gasteiger charge is 2.23. The largest absolute Gasteiger partial charge is 0.364 e. The summed E-state index contributed by atoms with van der Waals surface area (Å²) in [5.74, 6) is 1.76. The normalized spacial score (nSPS) is 18.9. The van der Waals surface area contributed by atoms with Crippen molar-refractivity contribution in [1.82, 2.24) is 25.0 Å². The van der Waals surface area contributed by atoms with E-state index in [2.05, 4.69) is 20.4 Å². The number of aryl methyl sites for hydroxylation is 2. The Morgan fingerprint density at radius 1 is 1.50 bits per heavy atom. The number of nitrogens with zero attached hydrogens (tertiary/aromatic N) is 4. The van der Waals surface area contributed by atoms with Gasteiger partial charge in [0.05, 0.1) is 18.0 Å². The summed E-state index contributed by atoms with van der Waals surface area (Å²) in [4.78, 5) is 0. The lowest BCUT2D eigenvalue weighted by Crippen LogP contribution is -2.13. The third kappa shape index (κ3) is 1.92. The van der Waals surface area contributed by atoms with Crippen LogP contribution in [-0.4, -0.2) is 25.0 Å². The Kier molecular flexibility index (Phi) is 2.87. The van der Waals surface area contributed by atoms with Gasteiger partial charge in [0.1, 0.15) is 12.4 Å². The predicted molar refractivity (Wildman–Crippen MR) is 64.8 cm³/mol. The van der Waals surface area contributed by atoms with E-state index in [0.29, 0.717) is 6.61 Å². The summed E-state index contributed by atoms with van der Waals surface area (Å²) in [5, 5.41) is 15.3. The number of ether oxygens (including phenoxy) is 1. The lowest BCUT2D eigenvalue weighted by Gasteiger charge is -2.21. The molecular weight excluding hydrogens is 230 g/mol. The zero-order valence-corrected chi connectivity index (χ0v) is 10.7. The highest BCUT2D eigenvalue weighted by Crippen LogP contribution is 2.31. The maximum absolute atomic E-state index is 5.95. The summed E-state index contributed by atoms with van der Waals surface area (Å²) in [6.45, 7) is 2.42. The molecular formula is C12H17N5O. The molecule has 2 aromatic heterocycles. The molecule has 1 unspecified atom stereocenters. The monoisotopic (exact) mass is 247 g/mol. The van der Waals surface area contributed by atoms with Crippen LogP contribution in [0.25, 0.3) is 0 Å². The Morgan fingerprint density at radius 3 is 3.17 bits per heavy atom. The van der Waals surface area contributed by atoms with E-state index in [1.165, 1.54) is 5.56 Å². The van der Waals surface area contributed by atoms with Gasteiger partial charge in [0.15, 0.2) is 5.82 Å². The van der Waals surface area contributed by atoms with E-state index in [9.17, 15) is 0 Å².